The van der Waals surface area contributed by atoms with Gasteiger partial charge in [0.1, 0.15) is 6.10 Å². The van der Waals surface area contributed by atoms with Crippen molar-refractivity contribution in [3.63, 3.8) is 0 Å². The summed E-state index contributed by atoms with van der Waals surface area (Å²) in [6.07, 6.45) is 2.68. The second kappa shape index (κ2) is 4.52. The van der Waals surface area contributed by atoms with Gasteiger partial charge in [-0.15, -0.1) is 0 Å². The summed E-state index contributed by atoms with van der Waals surface area (Å²) in [6.45, 7) is 3.92. The van der Waals surface area contributed by atoms with Crippen LogP contribution in [0, 0.1) is 5.92 Å². The second-order valence-corrected chi connectivity index (χ2v) is 6.69. The molecule has 0 amide bonds. The number of fused-ring (bicyclic) bond motifs is 3. The zero-order chi connectivity index (χ0) is 14.6. The number of Topliss-reactive ketones (excluding diaryl/α,β-unsaturated/α-hetero) is 1. The van der Waals surface area contributed by atoms with E-state index in [9.17, 15) is 4.79 Å². The molecule has 1 aromatic carbocycles. The van der Waals surface area contributed by atoms with Crippen molar-refractivity contribution in [3.05, 3.63) is 41.5 Å². The quantitative estimate of drug-likeness (QED) is 0.793. The molecule has 3 aliphatic rings. The van der Waals surface area contributed by atoms with Gasteiger partial charge < -0.3 is 9.47 Å². The molecule has 2 aliphatic carbocycles. The van der Waals surface area contributed by atoms with E-state index < -0.39 is 5.79 Å². The summed E-state index contributed by atoms with van der Waals surface area (Å²) in [6, 6.07) is 9.99. The van der Waals surface area contributed by atoms with Crippen LogP contribution in [0.5, 0.6) is 0 Å². The van der Waals surface area contributed by atoms with Crippen LogP contribution < -0.4 is 0 Å². The number of hydrogen-bond acceptors (Lipinski definition) is 3. The SMILES string of the molecule is CC1(C)O[C@H]2CC[C@@H]3CC(=O)C(c4ccccc4)=C3[C@@H]2O1. The highest BCUT2D eigenvalue weighted by molar-refractivity contribution is 6.24. The second-order valence-electron chi connectivity index (χ2n) is 6.69. The van der Waals surface area contributed by atoms with Crippen LogP contribution in [0.4, 0.5) is 0 Å². The van der Waals surface area contributed by atoms with Gasteiger partial charge in [0.2, 0.25) is 0 Å². The Bertz CT molecular complexity index is 615. The van der Waals surface area contributed by atoms with Crippen molar-refractivity contribution in [1.82, 2.24) is 0 Å². The summed E-state index contributed by atoms with van der Waals surface area (Å²) >= 11 is 0. The van der Waals surface area contributed by atoms with Crippen LogP contribution in [0.2, 0.25) is 0 Å². The minimum atomic E-state index is -0.551. The van der Waals surface area contributed by atoms with Crippen molar-refractivity contribution >= 4 is 11.4 Å². The predicted octanol–water partition coefficient (Wildman–Crippen LogP) is 3.34. The molecule has 0 aromatic heterocycles. The number of carbonyl (C=O) groups is 1. The molecule has 0 N–H and O–H groups in total. The molecule has 0 spiro atoms. The van der Waals surface area contributed by atoms with Crippen molar-refractivity contribution in [2.45, 2.75) is 51.1 Å². The maximum atomic E-state index is 12.5. The fourth-order valence-corrected chi connectivity index (χ4v) is 4.04. The Morgan fingerprint density at radius 3 is 2.62 bits per heavy atom. The normalized spacial score (nSPS) is 34.0. The van der Waals surface area contributed by atoms with E-state index in [0.717, 1.165) is 24.0 Å². The number of benzene rings is 1. The maximum Gasteiger partial charge on any atom is 0.164 e. The van der Waals surface area contributed by atoms with Gasteiger partial charge in [0, 0.05) is 12.0 Å². The number of allylic oxidation sites excluding steroid dienone is 1. The van der Waals surface area contributed by atoms with E-state index in [4.69, 9.17) is 9.47 Å². The van der Waals surface area contributed by atoms with Gasteiger partial charge in [0.15, 0.2) is 11.6 Å². The van der Waals surface area contributed by atoms with Crippen LogP contribution in [0.3, 0.4) is 0 Å². The molecule has 110 valence electrons. The lowest BCUT2D eigenvalue weighted by Crippen LogP contribution is -2.32. The van der Waals surface area contributed by atoms with E-state index in [1.165, 1.54) is 5.57 Å². The number of hydrogen-bond donors (Lipinski definition) is 0. The van der Waals surface area contributed by atoms with E-state index >= 15 is 0 Å². The van der Waals surface area contributed by atoms with Crippen molar-refractivity contribution in [2.75, 3.05) is 0 Å². The molecule has 0 unspecified atom stereocenters. The molecule has 1 aromatic rings. The monoisotopic (exact) mass is 284 g/mol. The third-order valence-corrected chi connectivity index (χ3v) is 4.79. The average Bonchev–Trinajstić information content (AvgIpc) is 2.94. The van der Waals surface area contributed by atoms with Gasteiger partial charge in [0.05, 0.1) is 6.10 Å². The molecule has 3 atom stereocenters. The molecule has 1 heterocycles. The smallest absolute Gasteiger partial charge is 0.164 e. The van der Waals surface area contributed by atoms with Gasteiger partial charge in [-0.1, -0.05) is 30.3 Å². The van der Waals surface area contributed by atoms with Gasteiger partial charge in [-0.3, -0.25) is 4.79 Å². The Kier molecular flexibility index (Phi) is 2.85. The minimum Gasteiger partial charge on any atom is -0.344 e. The van der Waals surface area contributed by atoms with E-state index in [-0.39, 0.29) is 18.0 Å². The molecular weight excluding hydrogens is 264 g/mol. The Labute approximate surface area is 124 Å². The van der Waals surface area contributed by atoms with Gasteiger partial charge >= 0.3 is 0 Å². The molecule has 4 rings (SSSR count). The van der Waals surface area contributed by atoms with E-state index in [2.05, 4.69) is 0 Å². The summed E-state index contributed by atoms with van der Waals surface area (Å²) in [5, 5.41) is 0. The standard InChI is InChI=1S/C18H20O3/c1-18(2)20-14-9-8-12-10-13(19)15(16(12)17(14)21-18)11-6-4-3-5-7-11/h3-7,12,14,17H,8-10H2,1-2H3/t12-,14+,17-/m1/s1. The molecule has 1 aliphatic heterocycles. The van der Waals surface area contributed by atoms with E-state index in [1.54, 1.807) is 0 Å². The molecule has 21 heavy (non-hydrogen) atoms. The van der Waals surface area contributed by atoms with Crippen molar-refractivity contribution < 1.29 is 14.3 Å². The largest absolute Gasteiger partial charge is 0.344 e. The van der Waals surface area contributed by atoms with Crippen LogP contribution in [-0.2, 0) is 14.3 Å². The summed E-state index contributed by atoms with van der Waals surface area (Å²) in [4.78, 5) is 12.5. The predicted molar refractivity (Wildman–Crippen MR) is 79.5 cm³/mol. The maximum absolute atomic E-state index is 12.5. The average molecular weight is 284 g/mol. The summed E-state index contributed by atoms with van der Waals surface area (Å²) in [5.41, 5.74) is 3.10. The van der Waals surface area contributed by atoms with Crippen molar-refractivity contribution in [3.8, 4) is 0 Å². The zero-order valence-electron chi connectivity index (χ0n) is 12.5. The molecule has 3 heteroatoms. The Hall–Kier alpha value is -1.45. The van der Waals surface area contributed by atoms with E-state index in [0.29, 0.717) is 12.3 Å². The van der Waals surface area contributed by atoms with Crippen molar-refractivity contribution in [1.29, 1.82) is 0 Å². The van der Waals surface area contributed by atoms with Crippen LogP contribution in [0.15, 0.2) is 35.9 Å². The molecule has 1 saturated heterocycles. The first-order valence-electron chi connectivity index (χ1n) is 7.73. The van der Waals surface area contributed by atoms with Crippen molar-refractivity contribution in [2.24, 2.45) is 5.92 Å². The highest BCUT2D eigenvalue weighted by Crippen LogP contribution is 2.49. The number of rotatable bonds is 1. The Morgan fingerprint density at radius 1 is 1.10 bits per heavy atom. The Balaban J connectivity index is 1.83. The fraction of sp³-hybridized carbons (Fsp3) is 0.500. The molecule has 0 bridgehead atoms. The Morgan fingerprint density at radius 2 is 1.86 bits per heavy atom. The van der Waals surface area contributed by atoms with Gasteiger partial charge in [-0.25, -0.2) is 0 Å². The lowest BCUT2D eigenvalue weighted by Gasteiger charge is -2.29. The van der Waals surface area contributed by atoms with Gasteiger partial charge in [-0.2, -0.15) is 0 Å². The highest BCUT2D eigenvalue weighted by atomic mass is 16.8. The molecule has 2 fully saturated rings. The molecule has 1 saturated carbocycles. The molecule has 3 nitrogen and oxygen atoms in total. The lowest BCUT2D eigenvalue weighted by molar-refractivity contribution is -0.143. The highest BCUT2D eigenvalue weighted by Gasteiger charge is 2.51. The molecular formula is C18H20O3. The third-order valence-electron chi connectivity index (χ3n) is 4.79. The summed E-state index contributed by atoms with van der Waals surface area (Å²) in [5.74, 6) is 0.0478. The first-order valence-corrected chi connectivity index (χ1v) is 7.73. The van der Waals surface area contributed by atoms with E-state index in [1.807, 2.05) is 44.2 Å². The molecule has 0 radical (unpaired) electrons. The third kappa shape index (κ3) is 2.07. The number of ketones is 1. The van der Waals surface area contributed by atoms with Crippen LogP contribution in [0.25, 0.3) is 5.57 Å². The number of ether oxygens (including phenoxy) is 2. The summed E-state index contributed by atoms with van der Waals surface area (Å²) < 4.78 is 12.1. The lowest BCUT2D eigenvalue weighted by atomic mass is 9.81. The summed E-state index contributed by atoms with van der Waals surface area (Å²) in [7, 11) is 0. The fourth-order valence-electron chi connectivity index (χ4n) is 4.04. The van der Waals surface area contributed by atoms with Crippen LogP contribution >= 0.6 is 0 Å². The number of carbonyl (C=O) groups excluding carboxylic acids is 1. The van der Waals surface area contributed by atoms with Gasteiger partial charge in [0.25, 0.3) is 0 Å². The van der Waals surface area contributed by atoms with Crippen LogP contribution in [0.1, 0.15) is 38.7 Å². The minimum absolute atomic E-state index is 0.0552. The topological polar surface area (TPSA) is 35.5 Å². The first-order chi connectivity index (χ1) is 10.1. The zero-order valence-corrected chi connectivity index (χ0v) is 12.5. The van der Waals surface area contributed by atoms with Gasteiger partial charge in [-0.05, 0) is 43.7 Å². The van der Waals surface area contributed by atoms with Crippen LogP contribution in [-0.4, -0.2) is 23.8 Å². The first kappa shape index (κ1) is 13.2.